The molecule has 3 aromatic rings. The first-order valence-corrected chi connectivity index (χ1v) is 9.18. The maximum Gasteiger partial charge on any atom is 0.246 e. The molecule has 0 saturated heterocycles. The molecule has 1 aliphatic rings. The Kier molecular flexibility index (Phi) is 5.16. The molecular formula is C21H21FN4O2. The number of aromatic nitrogens is 3. The standard InChI is InChI=1S/C21H21FN4O2/c1-28-12-11-25-14-19-23-24-20(16-7-9-17(22)10-8-16)26(19)18(21(25)27)13-15-5-3-2-4-6-15/h2-10,18H,11-14H2,1H3/t18-/m1/s1. The lowest BCUT2D eigenvalue weighted by Gasteiger charge is -2.34. The fourth-order valence-electron chi connectivity index (χ4n) is 3.53. The van der Waals surface area contributed by atoms with Crippen LogP contribution in [-0.2, 0) is 22.5 Å². The van der Waals surface area contributed by atoms with Crippen molar-refractivity contribution >= 4 is 5.91 Å². The number of carbonyl (C=O) groups is 1. The van der Waals surface area contributed by atoms with Crippen LogP contribution >= 0.6 is 0 Å². The van der Waals surface area contributed by atoms with Gasteiger partial charge in [0.25, 0.3) is 0 Å². The van der Waals surface area contributed by atoms with Gasteiger partial charge in [0.15, 0.2) is 11.6 Å². The molecule has 0 fully saturated rings. The Morgan fingerprint density at radius 2 is 1.86 bits per heavy atom. The van der Waals surface area contributed by atoms with Gasteiger partial charge in [-0.15, -0.1) is 10.2 Å². The number of halogens is 1. The zero-order valence-electron chi connectivity index (χ0n) is 15.6. The Bertz CT molecular complexity index is 956. The summed E-state index contributed by atoms with van der Waals surface area (Å²) in [6.07, 6.45) is 0.530. The molecule has 1 atom stereocenters. The SMILES string of the molecule is COCCN1Cc2nnc(-c3ccc(F)cc3)n2[C@H](Cc2ccccc2)C1=O. The third-order valence-corrected chi connectivity index (χ3v) is 4.95. The molecule has 1 amide bonds. The number of amides is 1. The highest BCUT2D eigenvalue weighted by atomic mass is 19.1. The molecule has 0 radical (unpaired) electrons. The number of hydrogen-bond acceptors (Lipinski definition) is 4. The molecule has 0 unspecified atom stereocenters. The zero-order valence-corrected chi connectivity index (χ0v) is 15.6. The second-order valence-electron chi connectivity index (χ2n) is 6.77. The lowest BCUT2D eigenvalue weighted by atomic mass is 10.0. The van der Waals surface area contributed by atoms with Crippen LogP contribution in [0.5, 0.6) is 0 Å². The second-order valence-corrected chi connectivity index (χ2v) is 6.77. The topological polar surface area (TPSA) is 60.2 Å². The third-order valence-electron chi connectivity index (χ3n) is 4.95. The fourth-order valence-corrected chi connectivity index (χ4v) is 3.53. The van der Waals surface area contributed by atoms with Gasteiger partial charge >= 0.3 is 0 Å². The Labute approximate surface area is 162 Å². The average Bonchev–Trinajstić information content (AvgIpc) is 3.14. The number of benzene rings is 2. The quantitative estimate of drug-likeness (QED) is 0.660. The van der Waals surface area contributed by atoms with Gasteiger partial charge in [0.1, 0.15) is 11.9 Å². The molecule has 28 heavy (non-hydrogen) atoms. The highest BCUT2D eigenvalue weighted by Gasteiger charge is 2.36. The molecule has 0 saturated carbocycles. The minimum atomic E-state index is -0.460. The van der Waals surface area contributed by atoms with Crippen LogP contribution in [0.25, 0.3) is 11.4 Å². The van der Waals surface area contributed by atoms with Gasteiger partial charge < -0.3 is 9.64 Å². The molecule has 0 bridgehead atoms. The normalized spacial score (nSPS) is 16.3. The largest absolute Gasteiger partial charge is 0.383 e. The van der Waals surface area contributed by atoms with Gasteiger partial charge in [0.2, 0.25) is 5.91 Å². The number of ether oxygens (including phenoxy) is 1. The Balaban J connectivity index is 1.75. The highest BCUT2D eigenvalue weighted by molar-refractivity contribution is 5.82. The van der Waals surface area contributed by atoms with Crippen LogP contribution < -0.4 is 0 Å². The van der Waals surface area contributed by atoms with E-state index in [0.717, 1.165) is 17.0 Å². The molecule has 0 spiro atoms. The fraction of sp³-hybridized carbons (Fsp3) is 0.286. The Hall–Kier alpha value is -3.06. The maximum absolute atomic E-state index is 13.3. The van der Waals surface area contributed by atoms with Gasteiger partial charge in [-0.3, -0.25) is 9.36 Å². The highest BCUT2D eigenvalue weighted by Crippen LogP contribution is 2.30. The molecule has 1 aromatic heterocycles. The molecule has 0 aliphatic carbocycles. The second kappa shape index (κ2) is 7.90. The van der Waals surface area contributed by atoms with E-state index in [1.165, 1.54) is 12.1 Å². The van der Waals surface area contributed by atoms with E-state index in [4.69, 9.17) is 4.74 Å². The maximum atomic E-state index is 13.3. The molecule has 6 nitrogen and oxygen atoms in total. The van der Waals surface area contributed by atoms with Gasteiger partial charge in [-0.2, -0.15) is 0 Å². The van der Waals surface area contributed by atoms with E-state index in [0.29, 0.717) is 31.9 Å². The van der Waals surface area contributed by atoms with Crippen LogP contribution in [0.1, 0.15) is 17.4 Å². The lowest BCUT2D eigenvalue weighted by Crippen LogP contribution is -2.45. The van der Waals surface area contributed by atoms with Gasteiger partial charge in [-0.1, -0.05) is 30.3 Å². The summed E-state index contributed by atoms with van der Waals surface area (Å²) >= 11 is 0. The van der Waals surface area contributed by atoms with Crippen LogP contribution in [0.15, 0.2) is 54.6 Å². The Morgan fingerprint density at radius 1 is 1.11 bits per heavy atom. The monoisotopic (exact) mass is 380 g/mol. The summed E-state index contributed by atoms with van der Waals surface area (Å²) in [5.74, 6) is 0.994. The van der Waals surface area contributed by atoms with Crippen LogP contribution in [0.3, 0.4) is 0 Å². The predicted octanol–water partition coefficient (Wildman–Crippen LogP) is 2.86. The van der Waals surface area contributed by atoms with E-state index in [1.54, 1.807) is 24.1 Å². The van der Waals surface area contributed by atoms with Crippen molar-refractivity contribution in [3.8, 4) is 11.4 Å². The van der Waals surface area contributed by atoms with Crippen molar-refractivity contribution in [3.63, 3.8) is 0 Å². The van der Waals surface area contributed by atoms with Gasteiger partial charge in [-0.05, 0) is 29.8 Å². The first-order valence-electron chi connectivity index (χ1n) is 9.18. The summed E-state index contributed by atoms with van der Waals surface area (Å²) in [5, 5.41) is 8.64. The minimum Gasteiger partial charge on any atom is -0.383 e. The smallest absolute Gasteiger partial charge is 0.246 e. The molecule has 2 aromatic carbocycles. The van der Waals surface area contributed by atoms with Crippen LogP contribution in [0.2, 0.25) is 0 Å². The number of carbonyl (C=O) groups excluding carboxylic acids is 1. The first-order chi connectivity index (χ1) is 13.7. The molecule has 7 heteroatoms. The molecule has 1 aliphatic heterocycles. The van der Waals surface area contributed by atoms with Crippen molar-refractivity contribution in [3.05, 3.63) is 71.8 Å². The number of rotatable bonds is 6. The van der Waals surface area contributed by atoms with E-state index < -0.39 is 6.04 Å². The van der Waals surface area contributed by atoms with E-state index in [-0.39, 0.29) is 11.7 Å². The van der Waals surface area contributed by atoms with Crippen LogP contribution in [0, 0.1) is 5.82 Å². The van der Waals surface area contributed by atoms with Crippen molar-refractivity contribution in [1.82, 2.24) is 19.7 Å². The van der Waals surface area contributed by atoms with Gasteiger partial charge in [0.05, 0.1) is 13.2 Å². The van der Waals surface area contributed by atoms with Gasteiger partial charge in [0, 0.05) is 25.6 Å². The number of methoxy groups -OCH3 is 1. The average molecular weight is 380 g/mol. The molecular weight excluding hydrogens is 359 g/mol. The Morgan fingerprint density at radius 3 is 2.57 bits per heavy atom. The van der Waals surface area contributed by atoms with E-state index in [2.05, 4.69) is 10.2 Å². The summed E-state index contributed by atoms with van der Waals surface area (Å²) in [4.78, 5) is 15.0. The summed E-state index contributed by atoms with van der Waals surface area (Å²) in [6, 6.07) is 15.5. The lowest BCUT2D eigenvalue weighted by molar-refractivity contribution is -0.138. The predicted molar refractivity (Wildman–Crippen MR) is 102 cm³/mol. The molecule has 4 rings (SSSR count). The zero-order chi connectivity index (χ0) is 19.5. The van der Waals surface area contributed by atoms with Crippen molar-refractivity contribution in [1.29, 1.82) is 0 Å². The number of fused-ring (bicyclic) bond motifs is 1. The molecule has 2 heterocycles. The number of nitrogens with zero attached hydrogens (tertiary/aromatic N) is 4. The van der Waals surface area contributed by atoms with E-state index in [1.807, 2.05) is 34.9 Å². The molecule has 144 valence electrons. The van der Waals surface area contributed by atoms with Crippen LogP contribution in [-0.4, -0.2) is 45.8 Å². The number of hydrogen-bond donors (Lipinski definition) is 0. The summed E-state index contributed by atoms with van der Waals surface area (Å²) in [7, 11) is 1.62. The summed E-state index contributed by atoms with van der Waals surface area (Å²) in [5.41, 5.74) is 1.79. The van der Waals surface area contributed by atoms with Crippen LogP contribution in [0.4, 0.5) is 4.39 Å². The van der Waals surface area contributed by atoms with Crippen molar-refractivity contribution in [2.45, 2.75) is 19.0 Å². The van der Waals surface area contributed by atoms with Gasteiger partial charge in [-0.25, -0.2) is 4.39 Å². The third kappa shape index (κ3) is 3.53. The van der Waals surface area contributed by atoms with Crippen molar-refractivity contribution in [2.24, 2.45) is 0 Å². The summed E-state index contributed by atoms with van der Waals surface area (Å²) in [6.45, 7) is 1.34. The minimum absolute atomic E-state index is 0.0107. The summed E-state index contributed by atoms with van der Waals surface area (Å²) < 4.78 is 20.4. The van der Waals surface area contributed by atoms with Crippen molar-refractivity contribution in [2.75, 3.05) is 20.3 Å². The molecule has 0 N–H and O–H groups in total. The van der Waals surface area contributed by atoms with E-state index in [9.17, 15) is 9.18 Å². The van der Waals surface area contributed by atoms with Crippen molar-refractivity contribution < 1.29 is 13.9 Å². The van der Waals surface area contributed by atoms with E-state index >= 15 is 0 Å². The first kappa shape index (κ1) is 18.3.